The maximum Gasteiger partial charge on any atom is 0.226 e. The number of aromatic amines is 1. The van der Waals surface area contributed by atoms with E-state index in [-0.39, 0.29) is 5.82 Å². The molecule has 7 heteroatoms. The van der Waals surface area contributed by atoms with Crippen molar-refractivity contribution in [1.82, 2.24) is 24.8 Å². The highest BCUT2D eigenvalue weighted by Gasteiger charge is 2.31. The van der Waals surface area contributed by atoms with Gasteiger partial charge in [0.1, 0.15) is 11.6 Å². The Morgan fingerprint density at radius 3 is 2.64 bits per heavy atom. The van der Waals surface area contributed by atoms with Crippen molar-refractivity contribution < 1.29 is 4.39 Å². The number of aromatic nitrogens is 4. The van der Waals surface area contributed by atoms with Crippen LogP contribution in [-0.4, -0.2) is 57.1 Å². The van der Waals surface area contributed by atoms with Gasteiger partial charge in [0.2, 0.25) is 5.95 Å². The van der Waals surface area contributed by atoms with Crippen LogP contribution in [0.25, 0.3) is 21.9 Å². The second kappa shape index (κ2) is 8.37. The monoisotopic (exact) mass is 444 g/mol. The number of nitrogens with one attached hydrogen (secondary N) is 1. The Morgan fingerprint density at radius 2 is 1.79 bits per heavy atom. The Labute approximate surface area is 192 Å². The van der Waals surface area contributed by atoms with Gasteiger partial charge in [-0.1, -0.05) is 12.1 Å². The number of para-hydroxylation sites is 2. The quantitative estimate of drug-likeness (QED) is 0.492. The van der Waals surface area contributed by atoms with Crippen molar-refractivity contribution in [3.05, 3.63) is 59.8 Å². The minimum absolute atomic E-state index is 0.245. The van der Waals surface area contributed by atoms with Crippen molar-refractivity contribution >= 4 is 27.9 Å². The van der Waals surface area contributed by atoms with E-state index in [0.29, 0.717) is 12.0 Å². The lowest BCUT2D eigenvalue weighted by Gasteiger charge is -2.42. The summed E-state index contributed by atoms with van der Waals surface area (Å²) in [6.07, 6.45) is 4.62. The van der Waals surface area contributed by atoms with E-state index >= 15 is 0 Å². The summed E-state index contributed by atoms with van der Waals surface area (Å²) in [5, 5.41) is 0.790. The summed E-state index contributed by atoms with van der Waals surface area (Å²) in [6, 6.07) is 13.6. The van der Waals surface area contributed by atoms with Crippen molar-refractivity contribution in [3.8, 4) is 0 Å². The fraction of sp³-hybridized carbons (Fsp3) is 0.423. The molecular formula is C26H29FN6. The maximum absolute atomic E-state index is 13.6. The summed E-state index contributed by atoms with van der Waals surface area (Å²) in [5.41, 5.74) is 3.84. The molecule has 2 aliphatic rings. The van der Waals surface area contributed by atoms with Gasteiger partial charge in [-0.05, 0) is 69.5 Å². The summed E-state index contributed by atoms with van der Waals surface area (Å²) >= 11 is 0. The number of nitrogens with zero attached hydrogens (tertiary/aromatic N) is 5. The highest BCUT2D eigenvalue weighted by molar-refractivity contribution is 5.82. The third kappa shape index (κ3) is 3.95. The highest BCUT2D eigenvalue weighted by Crippen LogP contribution is 2.31. The Morgan fingerprint density at radius 1 is 0.939 bits per heavy atom. The first kappa shape index (κ1) is 20.5. The van der Waals surface area contributed by atoms with Gasteiger partial charge in [0.05, 0.1) is 22.2 Å². The van der Waals surface area contributed by atoms with Gasteiger partial charge in [0.15, 0.2) is 0 Å². The highest BCUT2D eigenvalue weighted by atomic mass is 19.1. The first-order chi connectivity index (χ1) is 16.1. The molecule has 1 N–H and O–H groups in total. The molecule has 2 fully saturated rings. The number of hydrogen-bond donors (Lipinski definition) is 1. The lowest BCUT2D eigenvalue weighted by atomic mass is 9.93. The van der Waals surface area contributed by atoms with E-state index < -0.39 is 0 Å². The normalized spacial score (nSPS) is 20.7. The molecule has 1 atom stereocenters. The van der Waals surface area contributed by atoms with Crippen LogP contribution in [0.2, 0.25) is 0 Å². The predicted octanol–water partition coefficient (Wildman–Crippen LogP) is 4.80. The lowest BCUT2D eigenvalue weighted by molar-refractivity contribution is 0.126. The smallest absolute Gasteiger partial charge is 0.226 e. The fourth-order valence-corrected chi connectivity index (χ4v) is 5.54. The topological polar surface area (TPSA) is 60.9 Å². The van der Waals surface area contributed by atoms with Gasteiger partial charge in [-0.15, -0.1) is 0 Å². The number of fused-ring (bicyclic) bond motifs is 2. The third-order valence-corrected chi connectivity index (χ3v) is 7.35. The number of aryl methyl sites for hydroxylation is 1. The van der Waals surface area contributed by atoms with Gasteiger partial charge in [-0.25, -0.2) is 19.3 Å². The lowest BCUT2D eigenvalue weighted by Crippen LogP contribution is -2.48. The first-order valence-corrected chi connectivity index (χ1v) is 12.0. The van der Waals surface area contributed by atoms with Crippen LogP contribution in [0.5, 0.6) is 0 Å². The van der Waals surface area contributed by atoms with Crippen LogP contribution < -0.4 is 4.90 Å². The number of benzene rings is 2. The number of H-pyrrole nitrogens is 1. The van der Waals surface area contributed by atoms with E-state index in [1.165, 1.54) is 31.5 Å². The number of piperidine rings is 2. The van der Waals surface area contributed by atoms with Crippen LogP contribution in [0.1, 0.15) is 43.1 Å². The SMILES string of the molecule is Cc1nc(N2CCC(N3CCCC(c4nc5ccccc5[nH]4)C3)CC2)nc2ccc(F)cc12. The molecule has 0 bridgehead atoms. The van der Waals surface area contributed by atoms with E-state index in [0.717, 1.165) is 71.9 Å². The third-order valence-electron chi connectivity index (χ3n) is 7.35. The summed E-state index contributed by atoms with van der Waals surface area (Å²) in [4.78, 5) is 22.8. The van der Waals surface area contributed by atoms with Crippen LogP contribution >= 0.6 is 0 Å². The molecule has 0 radical (unpaired) electrons. The minimum Gasteiger partial charge on any atom is -0.342 e. The molecule has 2 saturated heterocycles. The largest absolute Gasteiger partial charge is 0.342 e. The van der Waals surface area contributed by atoms with Crippen LogP contribution in [0.15, 0.2) is 42.5 Å². The molecule has 1 unspecified atom stereocenters. The molecule has 6 rings (SSSR count). The number of likely N-dealkylation sites (tertiary alicyclic amines) is 1. The van der Waals surface area contributed by atoms with Gasteiger partial charge in [-0.3, -0.25) is 4.90 Å². The minimum atomic E-state index is -0.245. The van der Waals surface area contributed by atoms with Crippen LogP contribution in [0.4, 0.5) is 10.3 Å². The van der Waals surface area contributed by atoms with Crippen molar-refractivity contribution in [2.45, 2.75) is 44.6 Å². The Kier molecular flexibility index (Phi) is 5.21. The maximum atomic E-state index is 13.6. The number of imidazole rings is 1. The second-order valence-corrected chi connectivity index (χ2v) is 9.46. The Balaban J connectivity index is 1.13. The Hall–Kier alpha value is -3.06. The predicted molar refractivity (Wildman–Crippen MR) is 129 cm³/mol. The van der Waals surface area contributed by atoms with Crippen LogP contribution in [0, 0.1) is 12.7 Å². The number of hydrogen-bond acceptors (Lipinski definition) is 5. The summed E-state index contributed by atoms with van der Waals surface area (Å²) < 4.78 is 13.6. The zero-order valence-electron chi connectivity index (χ0n) is 19.0. The molecule has 2 aromatic heterocycles. The van der Waals surface area contributed by atoms with Gasteiger partial charge < -0.3 is 9.88 Å². The standard InChI is InChI=1S/C26H29FN6/c1-17-21-15-19(27)8-9-22(21)31-26(28-17)32-13-10-20(11-14-32)33-12-4-5-18(16-33)25-29-23-6-2-3-7-24(23)30-25/h2-3,6-9,15,18,20H,4-5,10-14,16H2,1H3,(H,29,30). The van der Waals surface area contributed by atoms with Crippen molar-refractivity contribution in [2.24, 2.45) is 0 Å². The van der Waals surface area contributed by atoms with E-state index in [9.17, 15) is 4.39 Å². The van der Waals surface area contributed by atoms with Crippen molar-refractivity contribution in [2.75, 3.05) is 31.1 Å². The molecule has 0 amide bonds. The molecule has 0 aliphatic carbocycles. The zero-order chi connectivity index (χ0) is 22.4. The van der Waals surface area contributed by atoms with Crippen molar-refractivity contribution in [3.63, 3.8) is 0 Å². The zero-order valence-corrected chi connectivity index (χ0v) is 19.0. The molecule has 170 valence electrons. The van der Waals surface area contributed by atoms with E-state index in [4.69, 9.17) is 15.0 Å². The van der Waals surface area contributed by atoms with Gasteiger partial charge in [0.25, 0.3) is 0 Å². The number of anilines is 1. The Bertz CT molecular complexity index is 1260. The molecule has 33 heavy (non-hydrogen) atoms. The number of rotatable bonds is 3. The molecule has 6 nitrogen and oxygen atoms in total. The average molecular weight is 445 g/mol. The molecule has 4 aromatic rings. The van der Waals surface area contributed by atoms with Gasteiger partial charge >= 0.3 is 0 Å². The van der Waals surface area contributed by atoms with Gasteiger partial charge in [-0.2, -0.15) is 0 Å². The molecule has 2 aliphatic heterocycles. The van der Waals surface area contributed by atoms with Gasteiger partial charge in [0, 0.05) is 37.0 Å². The summed E-state index contributed by atoms with van der Waals surface area (Å²) in [6.45, 7) is 6.07. The van der Waals surface area contributed by atoms with E-state index in [1.807, 2.05) is 13.0 Å². The van der Waals surface area contributed by atoms with Crippen molar-refractivity contribution in [1.29, 1.82) is 0 Å². The fourth-order valence-electron chi connectivity index (χ4n) is 5.54. The van der Waals surface area contributed by atoms with Crippen LogP contribution in [-0.2, 0) is 0 Å². The second-order valence-electron chi connectivity index (χ2n) is 9.46. The summed E-state index contributed by atoms with van der Waals surface area (Å²) in [5.74, 6) is 2.12. The summed E-state index contributed by atoms with van der Waals surface area (Å²) in [7, 11) is 0. The average Bonchev–Trinajstić information content (AvgIpc) is 3.29. The first-order valence-electron chi connectivity index (χ1n) is 12.0. The molecule has 2 aromatic carbocycles. The molecule has 0 spiro atoms. The molecule has 4 heterocycles. The molecule has 0 saturated carbocycles. The van der Waals surface area contributed by atoms with Crippen LogP contribution in [0.3, 0.4) is 0 Å². The van der Waals surface area contributed by atoms with E-state index in [2.05, 4.69) is 33.0 Å². The van der Waals surface area contributed by atoms with E-state index in [1.54, 1.807) is 6.07 Å². The molecular weight excluding hydrogens is 415 g/mol. The number of halogens is 1.